The van der Waals surface area contributed by atoms with Gasteiger partial charge in [0.15, 0.2) is 0 Å². The van der Waals surface area contributed by atoms with Crippen molar-refractivity contribution in [1.29, 1.82) is 0 Å². The second-order valence-electron chi connectivity index (χ2n) is 17.7. The molecule has 0 spiro atoms. The van der Waals surface area contributed by atoms with E-state index >= 15 is 0 Å². The average Bonchev–Trinajstić information content (AvgIpc) is 3.49. The van der Waals surface area contributed by atoms with Crippen molar-refractivity contribution in [3.05, 3.63) is 242 Å². The fourth-order valence-corrected chi connectivity index (χ4v) is 9.04. The Balaban J connectivity index is 1.02. The summed E-state index contributed by atoms with van der Waals surface area (Å²) in [5.41, 5.74) is 14.2. The second kappa shape index (κ2) is 24.0. The molecule has 0 aliphatic heterocycles. The van der Waals surface area contributed by atoms with Crippen molar-refractivity contribution in [2.24, 2.45) is 0 Å². The molecule has 9 rings (SSSR count). The van der Waals surface area contributed by atoms with Crippen LogP contribution in [0.3, 0.4) is 0 Å². The molecule has 0 saturated heterocycles. The van der Waals surface area contributed by atoms with Crippen molar-refractivity contribution < 1.29 is 28.4 Å². The quantitative estimate of drug-likeness (QED) is 0.0545. The molecule has 0 fully saturated rings. The Hall–Kier alpha value is -9.54. The standard InChI is InChI=1S/C66H62N4O6/c1-47(9-10-48(2)71-3)67(52-27-37-62(72-4)38-28-52)51-19-21-55(22-20-51)68(58-29-39-63(73-5)40-30-58)53-15-11-49(12-16-53)50-13-17-54(18-14-50)69(59-31-41-64(74-6)42-32-59)56-23-25-57(26-24-56)70(60-33-43-65(75-7)44-34-60)61-35-45-66(76-8)46-36-61/h9-46H,1-8H3/b47-9+,48-10+. The molecule has 10 nitrogen and oxygen atoms in total. The van der Waals surface area contributed by atoms with Crippen molar-refractivity contribution in [3.63, 3.8) is 0 Å². The Morgan fingerprint density at radius 2 is 0.461 bits per heavy atom. The number of hydrogen-bond acceptors (Lipinski definition) is 10. The zero-order chi connectivity index (χ0) is 53.0. The predicted molar refractivity (Wildman–Crippen MR) is 312 cm³/mol. The Bertz CT molecular complexity index is 3300. The lowest BCUT2D eigenvalue weighted by molar-refractivity contribution is 0.293. The highest BCUT2D eigenvalue weighted by molar-refractivity contribution is 5.84. The lowest BCUT2D eigenvalue weighted by atomic mass is 10.0. The first kappa shape index (κ1) is 51.4. The largest absolute Gasteiger partial charge is 0.501 e. The van der Waals surface area contributed by atoms with E-state index < -0.39 is 0 Å². The molecular formula is C66H62N4O6. The fourth-order valence-electron chi connectivity index (χ4n) is 9.04. The lowest BCUT2D eigenvalue weighted by Crippen LogP contribution is -2.15. The number of benzene rings is 9. The predicted octanol–water partition coefficient (Wildman–Crippen LogP) is 17.4. The number of anilines is 11. The Kier molecular flexibility index (Phi) is 16.2. The van der Waals surface area contributed by atoms with E-state index in [1.807, 2.05) is 73.7 Å². The topological polar surface area (TPSA) is 68.3 Å². The van der Waals surface area contributed by atoms with E-state index in [2.05, 4.69) is 190 Å². The summed E-state index contributed by atoms with van der Waals surface area (Å²) in [6.07, 6.45) is 4.04. The number of allylic oxidation sites excluding steroid dienone is 4. The van der Waals surface area contributed by atoms with Gasteiger partial charge in [0.25, 0.3) is 0 Å². The fraction of sp³-hybridized carbons (Fsp3) is 0.121. The Morgan fingerprint density at radius 1 is 0.263 bits per heavy atom. The molecule has 0 unspecified atom stereocenters. The van der Waals surface area contributed by atoms with E-state index in [1.165, 1.54) is 0 Å². The van der Waals surface area contributed by atoms with Crippen LogP contribution < -0.4 is 43.3 Å². The van der Waals surface area contributed by atoms with Gasteiger partial charge in [-0.2, -0.15) is 0 Å². The van der Waals surface area contributed by atoms with E-state index in [-0.39, 0.29) is 0 Å². The van der Waals surface area contributed by atoms with Gasteiger partial charge in [0.2, 0.25) is 0 Å². The molecule has 0 radical (unpaired) electrons. The molecule has 0 aliphatic carbocycles. The van der Waals surface area contributed by atoms with Crippen LogP contribution in [-0.4, -0.2) is 42.7 Å². The van der Waals surface area contributed by atoms with E-state index in [4.69, 9.17) is 28.4 Å². The van der Waals surface area contributed by atoms with Crippen LogP contribution in [0.25, 0.3) is 11.1 Å². The summed E-state index contributed by atoms with van der Waals surface area (Å²) in [5, 5.41) is 0. The molecule has 9 aromatic carbocycles. The smallest absolute Gasteiger partial charge is 0.119 e. The van der Waals surface area contributed by atoms with Gasteiger partial charge in [-0.25, -0.2) is 0 Å². The summed E-state index contributed by atoms with van der Waals surface area (Å²) < 4.78 is 33.0. The maximum absolute atomic E-state index is 5.56. The highest BCUT2D eigenvalue weighted by Crippen LogP contribution is 2.43. The van der Waals surface area contributed by atoms with Gasteiger partial charge in [0.05, 0.1) is 48.4 Å². The number of rotatable bonds is 20. The average molecular weight is 1010 g/mol. The molecule has 0 aliphatic rings. The number of hydrogen-bond donors (Lipinski definition) is 0. The molecule has 0 aromatic heterocycles. The summed E-state index contributed by atoms with van der Waals surface area (Å²) in [4.78, 5) is 8.95. The minimum atomic E-state index is 0.788. The molecule has 9 aromatic rings. The Morgan fingerprint density at radius 3 is 0.684 bits per heavy atom. The summed E-state index contributed by atoms with van der Waals surface area (Å²) in [6.45, 7) is 4.03. The van der Waals surface area contributed by atoms with Crippen LogP contribution in [0.2, 0.25) is 0 Å². The molecule has 0 heterocycles. The first-order valence-corrected chi connectivity index (χ1v) is 24.9. The normalized spacial score (nSPS) is 11.3. The first-order valence-electron chi connectivity index (χ1n) is 24.9. The third kappa shape index (κ3) is 11.6. The SMILES string of the molecule is CO/C(C)=C/C=C(\C)N(c1ccc(OC)cc1)c1ccc(N(c2ccc(OC)cc2)c2ccc(-c3ccc(N(c4ccc(OC)cc4)c4ccc(N(c5ccc(OC)cc5)c5ccc(OC)cc5)cc4)cc3)cc2)cc1. The van der Waals surface area contributed by atoms with Crippen molar-refractivity contribution in [3.8, 4) is 39.9 Å². The number of ether oxygens (including phenoxy) is 6. The molecule has 76 heavy (non-hydrogen) atoms. The molecular weight excluding hydrogens is 945 g/mol. The van der Waals surface area contributed by atoms with Gasteiger partial charge in [-0.05, 0) is 231 Å². The van der Waals surface area contributed by atoms with Crippen molar-refractivity contribution >= 4 is 62.6 Å². The van der Waals surface area contributed by atoms with Crippen molar-refractivity contribution in [2.75, 3.05) is 62.3 Å². The van der Waals surface area contributed by atoms with E-state index in [0.29, 0.717) is 0 Å². The summed E-state index contributed by atoms with van der Waals surface area (Å²) in [5.74, 6) is 4.78. The second-order valence-corrected chi connectivity index (χ2v) is 17.7. The minimum absolute atomic E-state index is 0.788. The maximum atomic E-state index is 5.56. The zero-order valence-corrected chi connectivity index (χ0v) is 44.2. The van der Waals surface area contributed by atoms with E-state index in [0.717, 1.165) is 114 Å². The van der Waals surface area contributed by atoms with Gasteiger partial charge in [-0.1, -0.05) is 24.3 Å². The van der Waals surface area contributed by atoms with Gasteiger partial charge in [-0.15, -0.1) is 0 Å². The van der Waals surface area contributed by atoms with Crippen molar-refractivity contribution in [1.82, 2.24) is 0 Å². The van der Waals surface area contributed by atoms with Gasteiger partial charge in [-0.3, -0.25) is 0 Å². The van der Waals surface area contributed by atoms with Gasteiger partial charge < -0.3 is 48.0 Å². The molecule has 0 bridgehead atoms. The van der Waals surface area contributed by atoms with Crippen LogP contribution in [0, 0.1) is 0 Å². The third-order valence-corrected chi connectivity index (χ3v) is 13.2. The summed E-state index contributed by atoms with van der Waals surface area (Å²) in [7, 11) is 10.1. The maximum Gasteiger partial charge on any atom is 0.119 e. The highest BCUT2D eigenvalue weighted by Gasteiger charge is 2.19. The molecule has 0 atom stereocenters. The van der Waals surface area contributed by atoms with Crippen LogP contribution in [0.5, 0.6) is 28.7 Å². The van der Waals surface area contributed by atoms with E-state index in [9.17, 15) is 0 Å². The van der Waals surface area contributed by atoms with E-state index in [1.54, 1.807) is 42.7 Å². The number of nitrogens with zero attached hydrogens (tertiary/aromatic N) is 4. The number of methoxy groups -OCH3 is 6. The van der Waals surface area contributed by atoms with Crippen LogP contribution in [0.1, 0.15) is 13.8 Å². The van der Waals surface area contributed by atoms with Crippen LogP contribution in [0.15, 0.2) is 242 Å². The monoisotopic (exact) mass is 1010 g/mol. The van der Waals surface area contributed by atoms with Crippen LogP contribution in [0.4, 0.5) is 62.6 Å². The zero-order valence-electron chi connectivity index (χ0n) is 44.2. The van der Waals surface area contributed by atoms with Crippen LogP contribution in [-0.2, 0) is 4.74 Å². The van der Waals surface area contributed by atoms with Gasteiger partial charge >= 0.3 is 0 Å². The highest BCUT2D eigenvalue weighted by atomic mass is 16.5. The third-order valence-electron chi connectivity index (χ3n) is 13.2. The first-order chi connectivity index (χ1) is 37.2. The van der Waals surface area contributed by atoms with Crippen molar-refractivity contribution in [2.45, 2.75) is 13.8 Å². The van der Waals surface area contributed by atoms with Gasteiger partial charge in [0.1, 0.15) is 28.7 Å². The van der Waals surface area contributed by atoms with Gasteiger partial charge in [0, 0.05) is 68.3 Å². The van der Waals surface area contributed by atoms with Crippen LogP contribution >= 0.6 is 0 Å². The molecule has 0 amide bonds. The summed E-state index contributed by atoms with van der Waals surface area (Å²) >= 11 is 0. The molecule has 10 heteroatoms. The lowest BCUT2D eigenvalue weighted by Gasteiger charge is -2.29. The Labute approximate surface area is 447 Å². The molecule has 382 valence electrons. The minimum Gasteiger partial charge on any atom is -0.501 e. The molecule has 0 saturated carbocycles. The molecule has 0 N–H and O–H groups in total. The summed E-state index contributed by atoms with van der Waals surface area (Å²) in [6, 6.07) is 75.2.